The van der Waals surface area contributed by atoms with E-state index in [9.17, 15) is 0 Å². The average molecular weight is 771 g/mol. The molecule has 0 spiro atoms. The van der Waals surface area contributed by atoms with Gasteiger partial charge in [0.2, 0.25) is 0 Å². The van der Waals surface area contributed by atoms with Crippen LogP contribution in [0.15, 0.2) is 211 Å². The largest absolute Gasteiger partial charge is 0.455 e. The van der Waals surface area contributed by atoms with Gasteiger partial charge in [0.05, 0.1) is 0 Å². The van der Waals surface area contributed by atoms with E-state index in [1.54, 1.807) is 0 Å². The van der Waals surface area contributed by atoms with E-state index in [2.05, 4.69) is 206 Å². The monoisotopic (exact) mass is 770 g/mol. The third-order valence-electron chi connectivity index (χ3n) is 13.6. The molecule has 14 rings (SSSR count). The molecule has 13 aromatic carbocycles. The van der Waals surface area contributed by atoms with Gasteiger partial charge < -0.3 is 4.42 Å². The van der Waals surface area contributed by atoms with E-state index in [1.165, 1.54) is 103 Å². The lowest BCUT2D eigenvalue weighted by Crippen LogP contribution is -1.89. The molecule has 0 N–H and O–H groups in total. The van der Waals surface area contributed by atoms with Crippen molar-refractivity contribution >= 4 is 97.3 Å². The van der Waals surface area contributed by atoms with Crippen LogP contribution in [0.4, 0.5) is 0 Å². The zero-order valence-corrected chi connectivity index (χ0v) is 33.0. The molecule has 14 aromatic rings. The van der Waals surface area contributed by atoms with Gasteiger partial charge in [-0.25, -0.2) is 0 Å². The van der Waals surface area contributed by atoms with Crippen LogP contribution in [0.5, 0.6) is 0 Å². The van der Waals surface area contributed by atoms with Gasteiger partial charge in [0.15, 0.2) is 0 Å². The Balaban J connectivity index is 1.00. The van der Waals surface area contributed by atoms with E-state index in [4.69, 9.17) is 4.42 Å². The molecule has 0 saturated heterocycles. The Morgan fingerprint density at radius 2 is 0.721 bits per heavy atom. The summed E-state index contributed by atoms with van der Waals surface area (Å²) < 4.78 is 7.10. The number of furan rings is 1. The predicted molar refractivity (Wildman–Crippen MR) is 260 cm³/mol. The smallest absolute Gasteiger partial charge is 0.143 e. The molecule has 0 aliphatic heterocycles. The highest BCUT2D eigenvalue weighted by Crippen LogP contribution is 2.47. The van der Waals surface area contributed by atoms with Crippen molar-refractivity contribution in [3.63, 3.8) is 0 Å². The van der Waals surface area contributed by atoms with Crippen molar-refractivity contribution in [3.05, 3.63) is 206 Å². The number of hydrogen-bond acceptors (Lipinski definition) is 1. The van der Waals surface area contributed by atoms with Crippen molar-refractivity contribution in [2.45, 2.75) is 0 Å². The number of hydrogen-bond donors (Lipinski definition) is 0. The second-order valence-corrected chi connectivity index (χ2v) is 16.7. The molecule has 0 aliphatic carbocycles. The maximum absolute atomic E-state index is 7.10. The van der Waals surface area contributed by atoms with Crippen molar-refractivity contribution in [1.82, 2.24) is 0 Å². The van der Waals surface area contributed by atoms with Gasteiger partial charge in [0, 0.05) is 16.2 Å². The molecule has 0 saturated carbocycles. The van der Waals surface area contributed by atoms with Crippen LogP contribution >= 0.6 is 0 Å². The predicted octanol–water partition coefficient (Wildman–Crippen LogP) is 17.2. The first-order valence-corrected chi connectivity index (χ1v) is 21.2. The van der Waals surface area contributed by atoms with Crippen molar-refractivity contribution in [1.29, 1.82) is 0 Å². The molecular weight excluding hydrogens is 737 g/mol. The topological polar surface area (TPSA) is 13.1 Å². The van der Waals surface area contributed by atoms with Crippen LogP contribution < -0.4 is 0 Å². The number of rotatable bonds is 4. The van der Waals surface area contributed by atoms with E-state index in [1.807, 2.05) is 0 Å². The van der Waals surface area contributed by atoms with Gasteiger partial charge in [-0.05, 0) is 133 Å². The first-order chi connectivity index (χ1) is 30.2. The van der Waals surface area contributed by atoms with E-state index in [-0.39, 0.29) is 0 Å². The van der Waals surface area contributed by atoms with Crippen LogP contribution in [0.1, 0.15) is 0 Å². The Bertz CT molecular complexity index is 4050. The van der Waals surface area contributed by atoms with E-state index >= 15 is 0 Å². The Morgan fingerprint density at radius 1 is 0.230 bits per heavy atom. The number of fused-ring (bicyclic) bond motifs is 5. The Labute approximate surface area is 351 Å². The normalized spacial score (nSPS) is 12.3. The fraction of sp³-hybridized carbons (Fsp3) is 0. The molecule has 0 bridgehead atoms. The molecule has 0 aliphatic rings. The van der Waals surface area contributed by atoms with Crippen LogP contribution in [0.2, 0.25) is 0 Å². The summed E-state index contributed by atoms with van der Waals surface area (Å²) in [4.78, 5) is 0. The Kier molecular flexibility index (Phi) is 6.62. The van der Waals surface area contributed by atoms with Crippen LogP contribution in [-0.2, 0) is 0 Å². The van der Waals surface area contributed by atoms with Crippen molar-refractivity contribution in [3.8, 4) is 44.5 Å². The molecule has 61 heavy (non-hydrogen) atoms. The zero-order chi connectivity index (χ0) is 39.8. The summed E-state index contributed by atoms with van der Waals surface area (Å²) in [6.07, 6.45) is 0. The van der Waals surface area contributed by atoms with E-state index in [0.29, 0.717) is 0 Å². The molecule has 0 fully saturated rings. The maximum Gasteiger partial charge on any atom is 0.143 e. The zero-order valence-electron chi connectivity index (χ0n) is 33.0. The summed E-state index contributed by atoms with van der Waals surface area (Å²) in [7, 11) is 0. The molecule has 1 heterocycles. The average Bonchev–Trinajstić information content (AvgIpc) is 3.72. The van der Waals surface area contributed by atoms with E-state index < -0.39 is 0 Å². The van der Waals surface area contributed by atoms with Gasteiger partial charge in [0.1, 0.15) is 11.2 Å². The van der Waals surface area contributed by atoms with Crippen LogP contribution in [0.3, 0.4) is 0 Å². The molecule has 1 heteroatoms. The van der Waals surface area contributed by atoms with Gasteiger partial charge in [0.25, 0.3) is 0 Å². The summed E-state index contributed by atoms with van der Waals surface area (Å²) >= 11 is 0. The lowest BCUT2D eigenvalue weighted by Gasteiger charge is -2.16. The second kappa shape index (κ2) is 12.3. The minimum atomic E-state index is 0.890. The molecule has 0 unspecified atom stereocenters. The van der Waals surface area contributed by atoms with Gasteiger partial charge in [-0.3, -0.25) is 0 Å². The summed E-state index contributed by atoms with van der Waals surface area (Å²) in [6, 6.07) is 76.3. The lowest BCUT2D eigenvalue weighted by molar-refractivity contribution is 0.673. The highest BCUT2D eigenvalue weighted by Gasteiger charge is 2.21. The molecule has 0 radical (unpaired) electrons. The summed E-state index contributed by atoms with van der Waals surface area (Å²) in [5, 5.41) is 20.1. The molecule has 1 nitrogen and oxygen atoms in total. The second-order valence-electron chi connectivity index (χ2n) is 16.7. The lowest BCUT2D eigenvalue weighted by atomic mass is 9.87. The third-order valence-corrected chi connectivity index (χ3v) is 13.6. The van der Waals surface area contributed by atoms with Gasteiger partial charge in [-0.1, -0.05) is 188 Å². The number of benzene rings is 13. The minimum Gasteiger partial charge on any atom is -0.455 e. The first-order valence-electron chi connectivity index (χ1n) is 21.2. The fourth-order valence-corrected chi connectivity index (χ4v) is 10.8. The van der Waals surface area contributed by atoms with E-state index in [0.717, 1.165) is 38.5 Å². The van der Waals surface area contributed by atoms with Gasteiger partial charge in [-0.15, -0.1) is 0 Å². The Hall–Kier alpha value is -8.00. The SMILES string of the molecule is c1ccc(-c2cccc3c2ccc2c3oc3cc(-c4ccc(-c5ccc6ccc7cccc8ccc5c6c78)cc4)cc(-c4ccc5ccc6cccc7ccc4c5c67)c32)cc1. The van der Waals surface area contributed by atoms with Crippen LogP contribution in [0, 0.1) is 0 Å². The summed E-state index contributed by atoms with van der Waals surface area (Å²) in [6.45, 7) is 0. The van der Waals surface area contributed by atoms with Crippen LogP contribution in [0.25, 0.3) is 142 Å². The van der Waals surface area contributed by atoms with Gasteiger partial charge >= 0.3 is 0 Å². The van der Waals surface area contributed by atoms with Crippen molar-refractivity contribution in [2.24, 2.45) is 0 Å². The van der Waals surface area contributed by atoms with Crippen LogP contribution in [-0.4, -0.2) is 0 Å². The van der Waals surface area contributed by atoms with Gasteiger partial charge in [-0.2, -0.15) is 0 Å². The Morgan fingerprint density at radius 3 is 1.39 bits per heavy atom. The molecule has 280 valence electrons. The highest BCUT2D eigenvalue weighted by atomic mass is 16.3. The molecule has 0 amide bonds. The molecule has 1 aromatic heterocycles. The fourth-order valence-electron chi connectivity index (χ4n) is 10.8. The maximum atomic E-state index is 7.10. The van der Waals surface area contributed by atoms with Crippen molar-refractivity contribution < 1.29 is 4.42 Å². The highest BCUT2D eigenvalue weighted by molar-refractivity contribution is 6.29. The van der Waals surface area contributed by atoms with Crippen molar-refractivity contribution in [2.75, 3.05) is 0 Å². The first kappa shape index (κ1) is 32.9. The molecular formula is C60H34O. The third kappa shape index (κ3) is 4.66. The summed E-state index contributed by atoms with van der Waals surface area (Å²) in [5.74, 6) is 0. The quantitative estimate of drug-likeness (QED) is 0.162. The minimum absolute atomic E-state index is 0.890. The standard InChI is InChI=1S/C60H34O/c1-2-7-36(8-3-1)45-13-6-14-51-47(45)31-32-52-59-53(48-28-24-43-22-20-39-10-5-12-41-26-30-50(48)58(43)56(39)41)33-44(34-54(59)61-60(51)52)35-15-17-37(18-16-35)46-27-23-42-21-19-38-9-4-11-40-25-29-49(46)57(42)55(38)40/h1-34H. The summed E-state index contributed by atoms with van der Waals surface area (Å²) in [5.41, 5.74) is 11.3. The molecule has 0 atom stereocenters.